The number of nitrogens with zero attached hydrogens (tertiary/aromatic N) is 4. The van der Waals surface area contributed by atoms with Crippen LogP contribution in [-0.2, 0) is 9.59 Å². The van der Waals surface area contributed by atoms with Crippen molar-refractivity contribution < 1.29 is 14.3 Å². The molecule has 1 aromatic carbocycles. The molecule has 1 atom stereocenters. The molecule has 4 rings (SSSR count). The highest BCUT2D eigenvalue weighted by molar-refractivity contribution is 6.22. The molecule has 1 N–H and O–H groups in total. The molecule has 0 saturated carbocycles. The molecule has 0 radical (unpaired) electrons. The molecule has 30 heavy (non-hydrogen) atoms. The predicted octanol–water partition coefficient (Wildman–Crippen LogP) is 1.99. The summed E-state index contributed by atoms with van der Waals surface area (Å²) in [6.45, 7) is 5.58. The standard InChI is InChI=1S/C22H27N5O3/c1-14-11-15(2)24-22(23-14)26-9-7-16(8-10-26)25-19-13-20(28)27(21(19)29)17-5-4-6-18(12-17)30-3/h4-6,11-12,16,19,25H,7-10,13H2,1-3H3. The van der Waals surface area contributed by atoms with Crippen molar-refractivity contribution in [2.24, 2.45) is 0 Å². The number of piperidine rings is 1. The van der Waals surface area contributed by atoms with Gasteiger partial charge in [-0.2, -0.15) is 0 Å². The number of carbonyl (C=O) groups is 2. The number of aromatic nitrogens is 2. The van der Waals surface area contributed by atoms with Gasteiger partial charge in [-0.05, 0) is 44.9 Å². The molecular weight excluding hydrogens is 382 g/mol. The zero-order chi connectivity index (χ0) is 21.3. The molecule has 2 saturated heterocycles. The second kappa shape index (κ2) is 8.39. The van der Waals surface area contributed by atoms with Crippen LogP contribution in [-0.4, -0.2) is 54.1 Å². The summed E-state index contributed by atoms with van der Waals surface area (Å²) >= 11 is 0. The number of carbonyl (C=O) groups excluding carboxylic acids is 2. The summed E-state index contributed by atoms with van der Waals surface area (Å²) in [6, 6.07) is 8.69. The topological polar surface area (TPSA) is 87.7 Å². The van der Waals surface area contributed by atoms with E-state index in [1.807, 2.05) is 19.9 Å². The number of ether oxygens (including phenoxy) is 1. The van der Waals surface area contributed by atoms with Crippen LogP contribution in [0.1, 0.15) is 30.7 Å². The van der Waals surface area contributed by atoms with Gasteiger partial charge in [-0.1, -0.05) is 6.07 Å². The van der Waals surface area contributed by atoms with E-state index >= 15 is 0 Å². The number of benzene rings is 1. The van der Waals surface area contributed by atoms with Crippen molar-refractivity contribution in [2.45, 2.75) is 45.2 Å². The number of hydrogen-bond acceptors (Lipinski definition) is 7. The van der Waals surface area contributed by atoms with E-state index in [0.29, 0.717) is 11.4 Å². The van der Waals surface area contributed by atoms with Gasteiger partial charge in [0.1, 0.15) is 5.75 Å². The summed E-state index contributed by atoms with van der Waals surface area (Å²) in [6.07, 6.45) is 1.91. The molecular formula is C22H27N5O3. The van der Waals surface area contributed by atoms with Crippen molar-refractivity contribution in [3.8, 4) is 5.75 Å². The van der Waals surface area contributed by atoms with Crippen LogP contribution in [0.4, 0.5) is 11.6 Å². The molecule has 3 heterocycles. The van der Waals surface area contributed by atoms with E-state index in [1.54, 1.807) is 31.4 Å². The minimum atomic E-state index is -0.488. The molecule has 0 aliphatic carbocycles. The molecule has 8 heteroatoms. The number of methoxy groups -OCH3 is 1. The third kappa shape index (κ3) is 4.14. The van der Waals surface area contributed by atoms with E-state index in [0.717, 1.165) is 43.3 Å². The Hall–Kier alpha value is -3.00. The van der Waals surface area contributed by atoms with Gasteiger partial charge >= 0.3 is 0 Å². The van der Waals surface area contributed by atoms with Crippen molar-refractivity contribution in [2.75, 3.05) is 30.0 Å². The SMILES string of the molecule is COc1cccc(N2C(=O)CC(NC3CCN(c4nc(C)cc(C)n4)CC3)C2=O)c1. The molecule has 0 spiro atoms. The van der Waals surface area contributed by atoms with Crippen LogP contribution >= 0.6 is 0 Å². The van der Waals surface area contributed by atoms with Crippen molar-refractivity contribution in [3.05, 3.63) is 41.7 Å². The van der Waals surface area contributed by atoms with Gasteiger partial charge in [0, 0.05) is 36.6 Å². The summed E-state index contributed by atoms with van der Waals surface area (Å²) in [7, 11) is 1.56. The van der Waals surface area contributed by atoms with Crippen LogP contribution in [0.15, 0.2) is 30.3 Å². The average molecular weight is 409 g/mol. The number of anilines is 2. The second-order valence-corrected chi connectivity index (χ2v) is 7.90. The fourth-order valence-electron chi connectivity index (χ4n) is 4.16. The zero-order valence-corrected chi connectivity index (χ0v) is 17.6. The first-order chi connectivity index (χ1) is 14.4. The lowest BCUT2D eigenvalue weighted by Crippen LogP contribution is -2.49. The Morgan fingerprint density at radius 2 is 1.77 bits per heavy atom. The molecule has 1 unspecified atom stereocenters. The fraction of sp³-hybridized carbons (Fsp3) is 0.455. The van der Waals surface area contributed by atoms with Crippen LogP contribution in [0.2, 0.25) is 0 Å². The van der Waals surface area contributed by atoms with Crippen LogP contribution in [0.5, 0.6) is 5.75 Å². The lowest BCUT2D eigenvalue weighted by molar-refractivity contribution is -0.121. The Bertz CT molecular complexity index is 935. The molecule has 2 aromatic rings. The largest absolute Gasteiger partial charge is 0.497 e. The van der Waals surface area contributed by atoms with Crippen LogP contribution < -0.4 is 19.9 Å². The number of aryl methyl sites for hydroxylation is 2. The molecule has 2 aliphatic rings. The first-order valence-corrected chi connectivity index (χ1v) is 10.3. The fourth-order valence-corrected chi connectivity index (χ4v) is 4.16. The summed E-state index contributed by atoms with van der Waals surface area (Å²) < 4.78 is 5.21. The van der Waals surface area contributed by atoms with Gasteiger partial charge in [0.2, 0.25) is 11.9 Å². The van der Waals surface area contributed by atoms with Crippen molar-refractivity contribution in [1.29, 1.82) is 0 Å². The maximum absolute atomic E-state index is 12.9. The second-order valence-electron chi connectivity index (χ2n) is 7.90. The molecule has 2 fully saturated rings. The van der Waals surface area contributed by atoms with E-state index < -0.39 is 6.04 Å². The Kier molecular flexibility index (Phi) is 5.67. The van der Waals surface area contributed by atoms with E-state index in [4.69, 9.17) is 4.74 Å². The van der Waals surface area contributed by atoms with Gasteiger partial charge < -0.3 is 15.0 Å². The minimum absolute atomic E-state index is 0.177. The van der Waals surface area contributed by atoms with Crippen molar-refractivity contribution >= 4 is 23.5 Å². The maximum Gasteiger partial charge on any atom is 0.251 e. The van der Waals surface area contributed by atoms with Gasteiger partial charge in [0.25, 0.3) is 5.91 Å². The number of nitrogens with one attached hydrogen (secondary N) is 1. The molecule has 1 aromatic heterocycles. The van der Waals surface area contributed by atoms with E-state index in [9.17, 15) is 9.59 Å². The molecule has 0 bridgehead atoms. The average Bonchev–Trinajstić information content (AvgIpc) is 3.01. The summed E-state index contributed by atoms with van der Waals surface area (Å²) in [5.74, 6) is 0.993. The Morgan fingerprint density at radius 3 is 2.43 bits per heavy atom. The highest BCUT2D eigenvalue weighted by Gasteiger charge is 2.40. The molecule has 8 nitrogen and oxygen atoms in total. The van der Waals surface area contributed by atoms with E-state index in [1.165, 1.54) is 4.90 Å². The Morgan fingerprint density at radius 1 is 1.07 bits per heavy atom. The van der Waals surface area contributed by atoms with Crippen LogP contribution in [0.25, 0.3) is 0 Å². The Labute approximate surface area is 176 Å². The Balaban J connectivity index is 1.37. The smallest absolute Gasteiger partial charge is 0.251 e. The number of rotatable bonds is 5. The number of hydrogen-bond donors (Lipinski definition) is 1. The summed E-state index contributed by atoms with van der Waals surface area (Å²) in [5, 5.41) is 3.41. The quantitative estimate of drug-likeness (QED) is 0.756. The van der Waals surface area contributed by atoms with E-state index in [-0.39, 0.29) is 24.3 Å². The normalized spacial score (nSPS) is 20.2. The van der Waals surface area contributed by atoms with E-state index in [2.05, 4.69) is 20.2 Å². The first kappa shape index (κ1) is 20.3. The minimum Gasteiger partial charge on any atom is -0.497 e. The highest BCUT2D eigenvalue weighted by Crippen LogP contribution is 2.27. The van der Waals surface area contributed by atoms with Crippen LogP contribution in [0, 0.1) is 13.8 Å². The van der Waals surface area contributed by atoms with Crippen molar-refractivity contribution in [1.82, 2.24) is 15.3 Å². The van der Waals surface area contributed by atoms with Gasteiger partial charge in [-0.15, -0.1) is 0 Å². The molecule has 158 valence electrons. The third-order valence-corrected chi connectivity index (χ3v) is 5.64. The molecule has 2 aliphatic heterocycles. The van der Waals surface area contributed by atoms with Crippen molar-refractivity contribution in [3.63, 3.8) is 0 Å². The lowest BCUT2D eigenvalue weighted by atomic mass is 10.0. The van der Waals surface area contributed by atoms with Crippen LogP contribution in [0.3, 0.4) is 0 Å². The van der Waals surface area contributed by atoms with Gasteiger partial charge in [0.15, 0.2) is 0 Å². The number of amides is 2. The van der Waals surface area contributed by atoms with Gasteiger partial charge in [-0.25, -0.2) is 14.9 Å². The lowest BCUT2D eigenvalue weighted by Gasteiger charge is -2.33. The predicted molar refractivity (Wildman–Crippen MR) is 114 cm³/mol. The highest BCUT2D eigenvalue weighted by atomic mass is 16.5. The summed E-state index contributed by atoms with van der Waals surface area (Å²) in [4.78, 5) is 38.0. The summed E-state index contributed by atoms with van der Waals surface area (Å²) in [5.41, 5.74) is 2.48. The third-order valence-electron chi connectivity index (χ3n) is 5.64. The monoisotopic (exact) mass is 409 g/mol. The first-order valence-electron chi connectivity index (χ1n) is 10.3. The molecule has 2 amide bonds. The zero-order valence-electron chi connectivity index (χ0n) is 17.6. The van der Waals surface area contributed by atoms with Gasteiger partial charge in [-0.3, -0.25) is 9.59 Å². The van der Waals surface area contributed by atoms with Gasteiger partial charge in [0.05, 0.1) is 25.3 Å². The maximum atomic E-state index is 12.9. The number of imide groups is 1.